The number of aromatic nitrogens is 4. The lowest BCUT2D eigenvalue weighted by molar-refractivity contribution is -0.163. The first-order chi connectivity index (χ1) is 14.3. The van der Waals surface area contributed by atoms with E-state index >= 15 is 0 Å². The van der Waals surface area contributed by atoms with Crippen molar-refractivity contribution < 1.29 is 14.7 Å². The molecule has 158 valence electrons. The molecule has 0 radical (unpaired) electrons. The van der Waals surface area contributed by atoms with Crippen molar-refractivity contribution in [1.82, 2.24) is 35.7 Å². The van der Waals surface area contributed by atoms with Gasteiger partial charge in [-0.1, -0.05) is 19.1 Å². The second-order valence-electron chi connectivity index (χ2n) is 8.35. The van der Waals surface area contributed by atoms with Gasteiger partial charge in [-0.25, -0.2) is 5.10 Å². The number of thioether (sulfide) groups is 1. The number of rotatable bonds is 4. The zero-order chi connectivity index (χ0) is 21.2. The minimum Gasteiger partial charge on any atom is -0.508 e. The molecule has 3 aliphatic rings. The summed E-state index contributed by atoms with van der Waals surface area (Å²) < 4.78 is -0.301. The largest absolute Gasteiger partial charge is 0.508 e. The number of phenolic OH excluding ortho intramolecular Hbond substituents is 1. The first-order valence-corrected chi connectivity index (χ1v) is 10.8. The molecule has 5 atom stereocenters. The van der Waals surface area contributed by atoms with Gasteiger partial charge in [0.15, 0.2) is 5.82 Å². The average Bonchev–Trinajstić information content (AvgIpc) is 3.40. The van der Waals surface area contributed by atoms with Crippen LogP contribution >= 0.6 is 11.8 Å². The standard InChI is InChI=1S/C19H23N7O3S/c1-4-11-20-12(9-5-7-10(27)8-6-9)16(28)25(11)13-17(29)26-14(15-21-23-24-22-15)19(2,3)30-18(13)26/h5-8,11-14,18,20,27H,4H2,1-3H3,(H,21,22,23,24)/t11?,12?,13?,14?,18-/m0/s1. The summed E-state index contributed by atoms with van der Waals surface area (Å²) in [6.07, 6.45) is 0.447. The van der Waals surface area contributed by atoms with Crippen molar-refractivity contribution >= 4 is 23.6 Å². The monoisotopic (exact) mass is 429 g/mol. The molecule has 3 fully saturated rings. The van der Waals surface area contributed by atoms with E-state index in [4.69, 9.17) is 0 Å². The Labute approximate surface area is 177 Å². The smallest absolute Gasteiger partial charge is 0.250 e. The van der Waals surface area contributed by atoms with Gasteiger partial charge in [-0.15, -0.1) is 16.9 Å². The van der Waals surface area contributed by atoms with Gasteiger partial charge in [-0.3, -0.25) is 14.9 Å². The molecule has 3 N–H and O–H groups in total. The van der Waals surface area contributed by atoms with Crippen LogP contribution in [0, 0.1) is 0 Å². The van der Waals surface area contributed by atoms with Gasteiger partial charge in [0.1, 0.15) is 29.2 Å². The maximum Gasteiger partial charge on any atom is 0.250 e. The fourth-order valence-electron chi connectivity index (χ4n) is 4.77. The van der Waals surface area contributed by atoms with Crippen LogP contribution < -0.4 is 5.32 Å². The highest BCUT2D eigenvalue weighted by Gasteiger charge is 2.66. The maximum atomic E-state index is 13.4. The topological polar surface area (TPSA) is 127 Å². The predicted molar refractivity (Wildman–Crippen MR) is 108 cm³/mol. The van der Waals surface area contributed by atoms with Gasteiger partial charge < -0.3 is 14.9 Å². The Morgan fingerprint density at radius 1 is 1.17 bits per heavy atom. The van der Waals surface area contributed by atoms with Gasteiger partial charge >= 0.3 is 0 Å². The number of aromatic amines is 1. The summed E-state index contributed by atoms with van der Waals surface area (Å²) in [4.78, 5) is 30.2. The molecule has 0 aliphatic carbocycles. The number of phenols is 1. The number of H-pyrrole nitrogens is 1. The fraction of sp³-hybridized carbons (Fsp3) is 0.526. The van der Waals surface area contributed by atoms with Crippen molar-refractivity contribution in [2.45, 2.75) is 61.6 Å². The van der Waals surface area contributed by atoms with Gasteiger partial charge in [0.2, 0.25) is 11.8 Å². The lowest BCUT2D eigenvalue weighted by Gasteiger charge is -2.48. The van der Waals surface area contributed by atoms with Crippen molar-refractivity contribution in [2.75, 3.05) is 0 Å². The number of benzene rings is 1. The third-order valence-corrected chi connectivity index (χ3v) is 7.70. The molecule has 2 amide bonds. The number of hydrogen-bond acceptors (Lipinski definition) is 8. The summed E-state index contributed by atoms with van der Waals surface area (Å²) >= 11 is 1.67. The van der Waals surface area contributed by atoms with E-state index in [1.807, 2.05) is 6.92 Å². The minimum absolute atomic E-state index is 0.0839. The molecule has 11 heteroatoms. The van der Waals surface area contributed by atoms with E-state index in [0.29, 0.717) is 12.2 Å². The number of amides is 2. The molecule has 5 rings (SSSR count). The van der Waals surface area contributed by atoms with Crippen LogP contribution in [0.4, 0.5) is 0 Å². The predicted octanol–water partition coefficient (Wildman–Crippen LogP) is 0.918. The summed E-state index contributed by atoms with van der Waals surface area (Å²) in [7, 11) is 0. The van der Waals surface area contributed by atoms with Crippen LogP contribution in [0.5, 0.6) is 5.75 Å². The first kappa shape index (κ1) is 19.3. The molecule has 4 unspecified atom stereocenters. The lowest BCUT2D eigenvalue weighted by atomic mass is 9.94. The molecule has 3 aliphatic heterocycles. The van der Waals surface area contributed by atoms with Crippen molar-refractivity contribution in [3.63, 3.8) is 0 Å². The van der Waals surface area contributed by atoms with Crippen LogP contribution in [0.3, 0.4) is 0 Å². The summed E-state index contributed by atoms with van der Waals surface area (Å²) in [5.41, 5.74) is 0.771. The third-order valence-electron chi connectivity index (χ3n) is 6.14. The Morgan fingerprint density at radius 3 is 2.53 bits per heavy atom. The summed E-state index contributed by atoms with van der Waals surface area (Å²) in [5.74, 6) is 0.505. The van der Waals surface area contributed by atoms with Crippen molar-refractivity contribution in [2.24, 2.45) is 0 Å². The van der Waals surface area contributed by atoms with E-state index in [2.05, 4.69) is 39.8 Å². The molecule has 0 bridgehead atoms. The van der Waals surface area contributed by atoms with Gasteiger partial charge in [0, 0.05) is 4.75 Å². The zero-order valence-corrected chi connectivity index (χ0v) is 17.6. The van der Waals surface area contributed by atoms with Crippen LogP contribution in [0.25, 0.3) is 0 Å². The average molecular weight is 430 g/mol. The van der Waals surface area contributed by atoms with E-state index in [9.17, 15) is 14.7 Å². The number of nitrogens with one attached hydrogen (secondary N) is 2. The molecule has 4 heterocycles. The highest BCUT2D eigenvalue weighted by atomic mass is 32.2. The number of carbonyl (C=O) groups is 2. The van der Waals surface area contributed by atoms with Crippen LogP contribution in [0.1, 0.15) is 50.7 Å². The van der Waals surface area contributed by atoms with E-state index in [0.717, 1.165) is 5.56 Å². The lowest BCUT2D eigenvalue weighted by Crippen LogP contribution is -2.69. The van der Waals surface area contributed by atoms with Gasteiger partial charge in [0.25, 0.3) is 0 Å². The Bertz CT molecular complexity index is 981. The van der Waals surface area contributed by atoms with Crippen LogP contribution in [-0.4, -0.2) is 69.7 Å². The Morgan fingerprint density at radius 2 is 1.90 bits per heavy atom. The second-order valence-corrected chi connectivity index (χ2v) is 10.1. The molecule has 1 aromatic carbocycles. The highest BCUT2D eigenvalue weighted by Crippen LogP contribution is 2.58. The number of β-lactam (4-membered cyclic amide) rings is 1. The Hall–Kier alpha value is -2.66. The Balaban J connectivity index is 1.44. The first-order valence-electron chi connectivity index (χ1n) is 9.94. The normalized spacial score (nSPS) is 32.4. The van der Waals surface area contributed by atoms with E-state index in [-0.39, 0.29) is 39.9 Å². The van der Waals surface area contributed by atoms with Crippen LogP contribution in [-0.2, 0) is 9.59 Å². The number of fused-ring (bicyclic) bond motifs is 1. The molecular weight excluding hydrogens is 406 g/mol. The second kappa shape index (κ2) is 6.67. The van der Waals surface area contributed by atoms with E-state index < -0.39 is 12.1 Å². The number of tetrazole rings is 1. The number of aromatic hydroxyl groups is 1. The summed E-state index contributed by atoms with van der Waals surface area (Å²) in [5, 5.41) is 26.9. The molecule has 3 saturated heterocycles. The van der Waals surface area contributed by atoms with Gasteiger partial charge in [-0.05, 0) is 48.4 Å². The fourth-order valence-corrected chi connectivity index (χ4v) is 6.47. The van der Waals surface area contributed by atoms with Crippen molar-refractivity contribution in [1.29, 1.82) is 0 Å². The molecular formula is C19H23N7O3S. The molecule has 2 aromatic rings. The highest BCUT2D eigenvalue weighted by molar-refractivity contribution is 8.01. The number of nitrogens with zero attached hydrogens (tertiary/aromatic N) is 5. The minimum atomic E-state index is -0.536. The van der Waals surface area contributed by atoms with Gasteiger partial charge in [-0.2, -0.15) is 0 Å². The third kappa shape index (κ3) is 2.64. The van der Waals surface area contributed by atoms with Crippen LogP contribution in [0.2, 0.25) is 0 Å². The molecule has 30 heavy (non-hydrogen) atoms. The summed E-state index contributed by atoms with van der Waals surface area (Å²) in [6.45, 7) is 6.12. The maximum absolute atomic E-state index is 13.4. The Kier molecular flexibility index (Phi) is 4.30. The number of carbonyl (C=O) groups excluding carboxylic acids is 2. The van der Waals surface area contributed by atoms with Crippen LogP contribution in [0.15, 0.2) is 24.3 Å². The molecule has 10 nitrogen and oxygen atoms in total. The SMILES string of the molecule is CCC1NC(c2ccc(O)cc2)C(=O)N1C1C(=O)N2C(c3nnn[nH]3)C(C)(C)S[C@@H]12. The van der Waals surface area contributed by atoms with E-state index in [1.165, 1.54) is 0 Å². The van der Waals surface area contributed by atoms with Gasteiger partial charge in [0.05, 0.1) is 6.17 Å². The van der Waals surface area contributed by atoms with Crippen molar-refractivity contribution in [3.05, 3.63) is 35.7 Å². The molecule has 0 spiro atoms. The quantitative estimate of drug-likeness (QED) is 0.612. The van der Waals surface area contributed by atoms with E-state index in [1.54, 1.807) is 45.8 Å². The molecule has 0 saturated carbocycles. The molecule has 1 aromatic heterocycles. The number of hydrogen-bond donors (Lipinski definition) is 3. The van der Waals surface area contributed by atoms with Crippen molar-refractivity contribution in [3.8, 4) is 5.75 Å². The zero-order valence-electron chi connectivity index (χ0n) is 16.8. The summed E-state index contributed by atoms with van der Waals surface area (Å²) in [6, 6.07) is 5.26.